The maximum Gasteiger partial charge on any atom is 0.229 e. The molecule has 0 radical (unpaired) electrons. The Balaban J connectivity index is 1.39. The Morgan fingerprint density at radius 3 is 2.68 bits per heavy atom. The zero-order valence-corrected chi connectivity index (χ0v) is 21.1. The predicted molar refractivity (Wildman–Crippen MR) is 140 cm³/mol. The quantitative estimate of drug-likeness (QED) is 0.238. The van der Waals surface area contributed by atoms with Crippen LogP contribution in [0.1, 0.15) is 27.0 Å². The van der Waals surface area contributed by atoms with Gasteiger partial charge in [-0.3, -0.25) is 9.52 Å². The number of rotatable bonds is 7. The van der Waals surface area contributed by atoms with Crippen LogP contribution in [0.5, 0.6) is 17.4 Å². The maximum absolute atomic E-state index is 13.9. The third-order valence-corrected chi connectivity index (χ3v) is 6.53. The van der Waals surface area contributed by atoms with E-state index in [1.165, 1.54) is 41.3 Å². The van der Waals surface area contributed by atoms with Gasteiger partial charge in [-0.2, -0.15) is 5.10 Å². The first-order valence-electron chi connectivity index (χ1n) is 11.3. The lowest BCUT2D eigenvalue weighted by Crippen LogP contribution is -2.10. The van der Waals surface area contributed by atoms with Gasteiger partial charge >= 0.3 is 0 Å². The molecule has 0 aliphatic heterocycles. The summed E-state index contributed by atoms with van der Waals surface area (Å²) < 4.78 is 46.2. The number of benzene rings is 2. The molecular weight excluding hydrogens is 513 g/mol. The molecule has 5 rings (SSSR count). The zero-order chi connectivity index (χ0) is 27.2. The summed E-state index contributed by atoms with van der Waals surface area (Å²) in [7, 11) is -3.60. The van der Waals surface area contributed by atoms with Gasteiger partial charge in [-0.15, -0.1) is 0 Å². The van der Waals surface area contributed by atoms with Crippen molar-refractivity contribution >= 4 is 33.4 Å². The standard InChI is InChI=1S/C26H22FN5O5S/c1-14-7-24(37-23-6-4-3-5-19(23)27)29-13-21(14)32-26(28)18(12-30-32)25(34)17-8-15-10-20(31-38(2,35)36)22(33)11-16(15)9-17/h3-8,10-13,31,33H,9,28H2,1-2H3. The number of nitrogens with two attached hydrogens (primary N) is 1. The number of ether oxygens (including phenoxy) is 1. The molecule has 2 aromatic carbocycles. The summed E-state index contributed by atoms with van der Waals surface area (Å²) in [6, 6.07) is 10.5. The first-order valence-corrected chi connectivity index (χ1v) is 13.2. The van der Waals surface area contributed by atoms with E-state index in [1.807, 2.05) is 0 Å². The van der Waals surface area contributed by atoms with E-state index < -0.39 is 15.8 Å². The number of carbonyl (C=O) groups excluding carboxylic acids is 1. The van der Waals surface area contributed by atoms with E-state index >= 15 is 0 Å². The third kappa shape index (κ3) is 4.81. The first kappa shape index (κ1) is 25.0. The minimum absolute atomic E-state index is 0.0222. The fourth-order valence-electron chi connectivity index (χ4n) is 4.15. The van der Waals surface area contributed by atoms with Gasteiger partial charge in [-0.05, 0) is 54.0 Å². The van der Waals surface area contributed by atoms with Crippen molar-refractivity contribution in [3.63, 3.8) is 0 Å². The fourth-order valence-corrected chi connectivity index (χ4v) is 4.71. The van der Waals surface area contributed by atoms with Gasteiger partial charge < -0.3 is 15.6 Å². The molecule has 38 heavy (non-hydrogen) atoms. The topological polar surface area (TPSA) is 149 Å². The Morgan fingerprint density at radius 2 is 1.97 bits per heavy atom. The number of halogens is 1. The van der Waals surface area contributed by atoms with Crippen molar-refractivity contribution in [1.29, 1.82) is 0 Å². The number of fused-ring (bicyclic) bond motifs is 1. The lowest BCUT2D eigenvalue weighted by atomic mass is 10.0. The van der Waals surface area contributed by atoms with E-state index in [1.54, 1.807) is 31.2 Å². The van der Waals surface area contributed by atoms with Crippen LogP contribution in [-0.2, 0) is 16.4 Å². The molecule has 0 unspecified atom stereocenters. The first-order chi connectivity index (χ1) is 18.0. The van der Waals surface area contributed by atoms with E-state index in [0.29, 0.717) is 28.0 Å². The van der Waals surface area contributed by atoms with Crippen molar-refractivity contribution in [3.05, 3.63) is 88.5 Å². The van der Waals surface area contributed by atoms with E-state index in [4.69, 9.17) is 10.5 Å². The average molecular weight is 536 g/mol. The van der Waals surface area contributed by atoms with Gasteiger partial charge in [0.05, 0.1) is 35.6 Å². The maximum atomic E-state index is 13.9. The SMILES string of the molecule is Cc1cc(Oc2ccccc2F)ncc1-n1ncc(C(=O)C2=Cc3cc(NS(C)(=O)=O)c(O)cc3C2)c1N. The van der Waals surface area contributed by atoms with Crippen LogP contribution in [0.2, 0.25) is 0 Å². The number of carbonyl (C=O) groups is 1. The van der Waals surface area contributed by atoms with Gasteiger partial charge in [0.25, 0.3) is 0 Å². The van der Waals surface area contributed by atoms with Crippen molar-refractivity contribution < 1.29 is 27.4 Å². The molecule has 1 aliphatic carbocycles. The summed E-state index contributed by atoms with van der Waals surface area (Å²) in [6.45, 7) is 1.78. The van der Waals surface area contributed by atoms with Crippen LogP contribution < -0.4 is 15.2 Å². The summed E-state index contributed by atoms with van der Waals surface area (Å²) in [5, 5.41) is 14.5. The van der Waals surface area contributed by atoms with Crippen LogP contribution in [0.25, 0.3) is 11.8 Å². The number of Topliss-reactive ketones (excluding diaryl/α,β-unsaturated/α-hetero) is 1. The zero-order valence-electron chi connectivity index (χ0n) is 20.3. The number of ketones is 1. The second kappa shape index (κ2) is 9.30. The summed E-state index contributed by atoms with van der Waals surface area (Å²) in [5.74, 6) is -0.794. The van der Waals surface area contributed by atoms with E-state index in [2.05, 4.69) is 14.8 Å². The van der Waals surface area contributed by atoms with Crippen LogP contribution in [0.4, 0.5) is 15.9 Å². The molecule has 0 saturated heterocycles. The molecule has 4 N–H and O–H groups in total. The molecule has 2 heterocycles. The van der Waals surface area contributed by atoms with Gasteiger partial charge in [0.1, 0.15) is 11.6 Å². The van der Waals surface area contributed by atoms with E-state index in [0.717, 1.165) is 6.26 Å². The van der Waals surface area contributed by atoms with Crippen LogP contribution in [0, 0.1) is 12.7 Å². The monoisotopic (exact) mass is 535 g/mol. The molecule has 12 heteroatoms. The molecule has 0 spiro atoms. The summed E-state index contributed by atoms with van der Waals surface area (Å²) in [6.07, 6.45) is 5.66. The Bertz CT molecular complexity index is 1750. The highest BCUT2D eigenvalue weighted by Crippen LogP contribution is 2.36. The van der Waals surface area contributed by atoms with Crippen LogP contribution in [0.3, 0.4) is 0 Å². The number of allylic oxidation sites excluding steroid dienone is 1. The van der Waals surface area contributed by atoms with Crippen LogP contribution in [0.15, 0.2) is 60.4 Å². The van der Waals surface area contributed by atoms with Crippen molar-refractivity contribution in [1.82, 2.24) is 14.8 Å². The number of anilines is 2. The van der Waals surface area contributed by atoms with E-state index in [-0.39, 0.29) is 46.7 Å². The molecule has 0 fully saturated rings. The minimum Gasteiger partial charge on any atom is -0.506 e. The third-order valence-electron chi connectivity index (χ3n) is 5.94. The molecule has 0 bridgehead atoms. The normalized spacial score (nSPS) is 12.7. The molecule has 0 atom stereocenters. The van der Waals surface area contributed by atoms with Gasteiger partial charge in [-0.25, -0.2) is 22.5 Å². The number of nitrogens with one attached hydrogen (secondary N) is 1. The number of phenols is 1. The highest BCUT2D eigenvalue weighted by Gasteiger charge is 2.26. The molecule has 1 aliphatic rings. The Hall–Kier alpha value is -4.71. The van der Waals surface area contributed by atoms with Crippen LogP contribution in [-0.4, -0.2) is 40.3 Å². The molecule has 0 saturated carbocycles. The molecule has 2 aromatic heterocycles. The number of phenolic OH excluding ortho intramolecular Hbond substituents is 1. The average Bonchev–Trinajstić information content (AvgIpc) is 3.43. The number of hydrogen-bond donors (Lipinski definition) is 3. The number of aromatic nitrogens is 3. The van der Waals surface area contributed by atoms with Gasteiger partial charge in [0.15, 0.2) is 17.3 Å². The number of sulfonamides is 1. The minimum atomic E-state index is -3.60. The number of nitrogens with zero attached hydrogens (tertiary/aromatic N) is 3. The van der Waals surface area contributed by atoms with Gasteiger partial charge in [0, 0.05) is 18.1 Å². The number of aromatic hydroxyl groups is 1. The molecular formula is C26H22FN5O5S. The van der Waals surface area contributed by atoms with Crippen molar-refractivity contribution in [3.8, 4) is 23.1 Å². The number of para-hydroxylation sites is 1. The number of nitrogen functional groups attached to an aromatic ring is 1. The fraction of sp³-hybridized carbons (Fsp3) is 0.115. The lowest BCUT2D eigenvalue weighted by Gasteiger charge is -2.11. The number of pyridine rings is 1. The number of aryl methyl sites for hydroxylation is 1. The van der Waals surface area contributed by atoms with Gasteiger partial charge in [0.2, 0.25) is 15.9 Å². The molecule has 194 valence electrons. The molecule has 0 amide bonds. The Labute approximate surface area is 217 Å². The number of hydrogen-bond acceptors (Lipinski definition) is 8. The Morgan fingerprint density at radius 1 is 1.21 bits per heavy atom. The highest BCUT2D eigenvalue weighted by molar-refractivity contribution is 7.92. The van der Waals surface area contributed by atoms with E-state index in [9.17, 15) is 22.7 Å². The van der Waals surface area contributed by atoms with Crippen molar-refractivity contribution in [2.45, 2.75) is 13.3 Å². The molecule has 10 nitrogen and oxygen atoms in total. The lowest BCUT2D eigenvalue weighted by molar-refractivity contribution is 0.103. The summed E-state index contributed by atoms with van der Waals surface area (Å²) in [4.78, 5) is 17.5. The van der Waals surface area contributed by atoms with Crippen LogP contribution >= 0.6 is 0 Å². The predicted octanol–water partition coefficient (Wildman–Crippen LogP) is 3.99. The van der Waals surface area contributed by atoms with Gasteiger partial charge in [-0.1, -0.05) is 12.1 Å². The summed E-state index contributed by atoms with van der Waals surface area (Å²) in [5.41, 5.74) is 9.36. The van der Waals surface area contributed by atoms with Crippen molar-refractivity contribution in [2.24, 2.45) is 0 Å². The highest BCUT2D eigenvalue weighted by atomic mass is 32.2. The smallest absolute Gasteiger partial charge is 0.229 e. The van der Waals surface area contributed by atoms with Crippen molar-refractivity contribution in [2.75, 3.05) is 16.7 Å². The Kier molecular flexibility index (Phi) is 6.11. The summed E-state index contributed by atoms with van der Waals surface area (Å²) >= 11 is 0. The second-order valence-electron chi connectivity index (χ2n) is 8.81. The largest absolute Gasteiger partial charge is 0.506 e. The second-order valence-corrected chi connectivity index (χ2v) is 10.6. The molecule has 4 aromatic rings.